The first-order chi connectivity index (χ1) is 18.0. The zero-order valence-electron chi connectivity index (χ0n) is 20.6. The van der Waals surface area contributed by atoms with Gasteiger partial charge in [-0.2, -0.15) is 5.26 Å². The van der Waals surface area contributed by atoms with Crippen LogP contribution < -0.4 is 10.1 Å². The Bertz CT molecular complexity index is 1300. The summed E-state index contributed by atoms with van der Waals surface area (Å²) in [5.74, 6) is 0.293. The van der Waals surface area contributed by atoms with Gasteiger partial charge >= 0.3 is 0 Å². The van der Waals surface area contributed by atoms with Gasteiger partial charge in [0.1, 0.15) is 29.7 Å². The number of carbonyl (C=O) groups is 3. The predicted molar refractivity (Wildman–Crippen MR) is 132 cm³/mol. The average Bonchev–Trinajstić information content (AvgIpc) is 3.19. The minimum atomic E-state index is -0.617. The predicted octanol–water partition coefficient (Wildman–Crippen LogP) is 2.50. The molecule has 0 bridgehead atoms. The molecular formula is C28H29N5O4. The smallest absolute Gasteiger partial charge is 0.255 e. The van der Waals surface area contributed by atoms with E-state index in [1.165, 1.54) is 12.0 Å². The van der Waals surface area contributed by atoms with Crippen molar-refractivity contribution in [1.82, 2.24) is 20.1 Å². The van der Waals surface area contributed by atoms with Gasteiger partial charge in [-0.1, -0.05) is 6.42 Å². The molecule has 3 atom stereocenters. The molecule has 2 saturated heterocycles. The van der Waals surface area contributed by atoms with Crippen molar-refractivity contribution in [3.8, 4) is 11.8 Å². The van der Waals surface area contributed by atoms with Gasteiger partial charge in [0.15, 0.2) is 0 Å². The highest BCUT2D eigenvalue weighted by atomic mass is 16.5. The lowest BCUT2D eigenvalue weighted by Crippen LogP contribution is -2.57. The molecule has 9 nitrogen and oxygen atoms in total. The van der Waals surface area contributed by atoms with Crippen molar-refractivity contribution in [2.24, 2.45) is 0 Å². The lowest BCUT2D eigenvalue weighted by molar-refractivity contribution is -0.136. The Balaban J connectivity index is 1.12. The van der Waals surface area contributed by atoms with Crippen molar-refractivity contribution >= 4 is 17.7 Å². The maximum atomic E-state index is 13.0. The molecule has 0 spiro atoms. The molecule has 4 heterocycles. The summed E-state index contributed by atoms with van der Waals surface area (Å²) in [4.78, 5) is 45.0. The van der Waals surface area contributed by atoms with Crippen LogP contribution in [0.15, 0.2) is 36.5 Å². The molecule has 37 heavy (non-hydrogen) atoms. The third-order valence-electron chi connectivity index (χ3n) is 8.20. The van der Waals surface area contributed by atoms with Crippen molar-refractivity contribution in [3.63, 3.8) is 0 Å². The number of hydrogen-bond donors (Lipinski definition) is 1. The highest BCUT2D eigenvalue weighted by Gasteiger charge is 2.41. The first-order valence-corrected chi connectivity index (χ1v) is 13.0. The third kappa shape index (κ3) is 4.46. The number of rotatable bonds is 5. The Kier molecular flexibility index (Phi) is 6.13. The molecule has 9 heteroatoms. The summed E-state index contributed by atoms with van der Waals surface area (Å²) in [5.41, 5.74) is 3.08. The largest absolute Gasteiger partial charge is 0.489 e. The summed E-state index contributed by atoms with van der Waals surface area (Å²) in [6.07, 6.45) is 6.76. The monoisotopic (exact) mass is 499 g/mol. The lowest BCUT2D eigenvalue weighted by atomic mass is 9.84. The van der Waals surface area contributed by atoms with Crippen LogP contribution in [0.1, 0.15) is 71.6 Å². The van der Waals surface area contributed by atoms with E-state index >= 15 is 0 Å². The number of carbonyl (C=O) groups excluding carboxylic acids is 3. The zero-order valence-corrected chi connectivity index (χ0v) is 20.6. The first kappa shape index (κ1) is 23.6. The van der Waals surface area contributed by atoms with Crippen LogP contribution in [0.5, 0.6) is 5.75 Å². The van der Waals surface area contributed by atoms with E-state index in [4.69, 9.17) is 10.00 Å². The number of nitriles is 1. The molecule has 1 aromatic heterocycles. The van der Waals surface area contributed by atoms with Crippen LogP contribution in [0.3, 0.4) is 0 Å². The normalized spacial score (nSPS) is 26.3. The van der Waals surface area contributed by atoms with Gasteiger partial charge in [0.05, 0.1) is 0 Å². The Hall–Kier alpha value is -3.77. The molecule has 2 aromatic rings. The highest BCUT2D eigenvalue weighted by Crippen LogP contribution is 2.36. The van der Waals surface area contributed by atoms with Gasteiger partial charge in [0, 0.05) is 49.8 Å². The van der Waals surface area contributed by atoms with E-state index in [1.54, 1.807) is 17.2 Å². The van der Waals surface area contributed by atoms with Gasteiger partial charge < -0.3 is 9.64 Å². The fourth-order valence-electron chi connectivity index (χ4n) is 6.19. The Morgan fingerprint density at radius 3 is 2.70 bits per heavy atom. The highest BCUT2D eigenvalue weighted by molar-refractivity contribution is 6.05. The van der Waals surface area contributed by atoms with E-state index in [1.807, 2.05) is 24.3 Å². The molecule has 3 amide bonds. The molecule has 1 N–H and O–H groups in total. The van der Waals surface area contributed by atoms with Gasteiger partial charge in [-0.3, -0.25) is 24.6 Å². The Morgan fingerprint density at radius 2 is 1.89 bits per heavy atom. The number of nitrogens with one attached hydrogen (secondary N) is 1. The number of amides is 3. The molecule has 3 aliphatic heterocycles. The molecular weight excluding hydrogens is 470 g/mol. The maximum absolute atomic E-state index is 13.0. The van der Waals surface area contributed by atoms with Gasteiger partial charge in [-0.05, 0) is 67.1 Å². The van der Waals surface area contributed by atoms with E-state index in [0.29, 0.717) is 36.2 Å². The van der Waals surface area contributed by atoms with Crippen LogP contribution in [0.2, 0.25) is 0 Å². The first-order valence-electron chi connectivity index (χ1n) is 13.0. The van der Waals surface area contributed by atoms with Crippen LogP contribution in [0.4, 0.5) is 0 Å². The second kappa shape index (κ2) is 9.60. The van der Waals surface area contributed by atoms with Crippen LogP contribution in [-0.4, -0.2) is 63.8 Å². The number of piperidine rings is 1. The molecule has 6 rings (SSSR count). The number of pyridine rings is 1. The number of hydrogen-bond acceptors (Lipinski definition) is 7. The molecule has 1 unspecified atom stereocenters. The van der Waals surface area contributed by atoms with E-state index < -0.39 is 11.9 Å². The quantitative estimate of drug-likeness (QED) is 0.629. The molecule has 1 saturated carbocycles. The Labute approximate surface area is 215 Å². The van der Waals surface area contributed by atoms with Crippen LogP contribution >= 0.6 is 0 Å². The lowest BCUT2D eigenvalue weighted by Gasteiger charge is -2.48. The van der Waals surface area contributed by atoms with Crippen molar-refractivity contribution < 1.29 is 19.1 Å². The molecule has 4 aliphatic rings. The molecule has 1 aliphatic carbocycles. The van der Waals surface area contributed by atoms with Gasteiger partial charge in [-0.25, -0.2) is 4.98 Å². The molecule has 1 aromatic carbocycles. The number of benzene rings is 1. The number of fused-ring (bicyclic) bond motifs is 1. The SMILES string of the molecule is N#Cc1cc(C2CN([C@@H]3CCCC[C@H]3Oc3ccc4c(c3)CN(C3CCC(=O)NC3=O)C4=O)C2)ccn1. The van der Waals surface area contributed by atoms with Gasteiger partial charge in [0.2, 0.25) is 11.8 Å². The van der Waals surface area contributed by atoms with Crippen molar-refractivity contribution in [1.29, 1.82) is 5.26 Å². The number of nitrogens with zero attached hydrogens (tertiary/aromatic N) is 4. The van der Waals surface area contributed by atoms with E-state index in [-0.39, 0.29) is 24.3 Å². The van der Waals surface area contributed by atoms with Crippen molar-refractivity contribution in [3.05, 3.63) is 58.9 Å². The molecule has 0 radical (unpaired) electrons. The fraction of sp³-hybridized carbons (Fsp3) is 0.464. The minimum absolute atomic E-state index is 0.0724. The summed E-state index contributed by atoms with van der Waals surface area (Å²) in [6.45, 7) is 2.23. The van der Waals surface area contributed by atoms with Crippen LogP contribution in [0.25, 0.3) is 0 Å². The zero-order chi connectivity index (χ0) is 25.5. The third-order valence-corrected chi connectivity index (χ3v) is 8.20. The van der Waals surface area contributed by atoms with Crippen LogP contribution in [0, 0.1) is 11.3 Å². The Morgan fingerprint density at radius 1 is 1.05 bits per heavy atom. The summed E-state index contributed by atoms with van der Waals surface area (Å²) in [6, 6.07) is 11.3. The van der Waals surface area contributed by atoms with E-state index in [9.17, 15) is 14.4 Å². The average molecular weight is 500 g/mol. The molecule has 3 fully saturated rings. The second-order valence-electron chi connectivity index (χ2n) is 10.5. The number of ether oxygens (including phenoxy) is 1. The number of aromatic nitrogens is 1. The summed E-state index contributed by atoms with van der Waals surface area (Å²) in [7, 11) is 0. The van der Waals surface area contributed by atoms with E-state index in [2.05, 4.69) is 21.3 Å². The maximum Gasteiger partial charge on any atom is 0.255 e. The number of imide groups is 1. The summed E-state index contributed by atoms with van der Waals surface area (Å²) >= 11 is 0. The molecule has 190 valence electrons. The summed E-state index contributed by atoms with van der Waals surface area (Å²) in [5, 5.41) is 11.5. The van der Waals surface area contributed by atoms with Crippen molar-refractivity contribution in [2.75, 3.05) is 13.1 Å². The van der Waals surface area contributed by atoms with E-state index in [0.717, 1.165) is 43.7 Å². The topological polar surface area (TPSA) is 116 Å². The van der Waals surface area contributed by atoms with Gasteiger partial charge in [-0.15, -0.1) is 0 Å². The standard InChI is InChI=1S/C28H29N5O4/c29-13-20-11-17(9-10-30-20)19-14-32(15-19)23-3-1-2-4-25(23)37-21-5-6-22-18(12-21)16-33(28(22)36)24-7-8-26(34)31-27(24)35/h5-6,9-12,19,23-25H,1-4,7-8,14-16H2,(H,31,34,35)/t23-,24?,25-/m1/s1. The summed E-state index contributed by atoms with van der Waals surface area (Å²) < 4.78 is 6.53. The second-order valence-corrected chi connectivity index (χ2v) is 10.5. The van der Waals surface area contributed by atoms with Crippen LogP contribution in [-0.2, 0) is 16.1 Å². The minimum Gasteiger partial charge on any atom is -0.489 e. The van der Waals surface area contributed by atoms with Gasteiger partial charge in [0.25, 0.3) is 5.91 Å². The van der Waals surface area contributed by atoms with Crippen molar-refractivity contribution in [2.45, 2.75) is 69.2 Å². The fourth-order valence-corrected chi connectivity index (χ4v) is 6.19. The number of likely N-dealkylation sites (tertiary alicyclic amines) is 1.